The van der Waals surface area contributed by atoms with Crippen molar-refractivity contribution < 1.29 is 31.9 Å². The van der Waals surface area contributed by atoms with E-state index in [1.165, 1.54) is 11.0 Å². The van der Waals surface area contributed by atoms with Crippen molar-refractivity contribution in [3.8, 4) is 5.69 Å². The molecule has 1 aliphatic rings. The number of aliphatic imine (C=N–C) groups is 1. The Labute approximate surface area is 209 Å². The number of ether oxygens (including phenoxy) is 1. The predicted octanol–water partition coefficient (Wildman–Crippen LogP) is 3.03. The van der Waals surface area contributed by atoms with Gasteiger partial charge in [0.1, 0.15) is 16.8 Å². The van der Waals surface area contributed by atoms with Crippen molar-refractivity contribution in [1.29, 1.82) is 0 Å². The molecule has 0 aliphatic carbocycles. The van der Waals surface area contributed by atoms with Gasteiger partial charge in [-0.2, -0.15) is 13.2 Å². The number of amidine groups is 1. The lowest BCUT2D eigenvalue weighted by atomic mass is 10.2. The number of hydrogen-bond acceptors (Lipinski definition) is 7. The van der Waals surface area contributed by atoms with Gasteiger partial charge in [0, 0.05) is 19.7 Å². The predicted molar refractivity (Wildman–Crippen MR) is 124 cm³/mol. The monoisotopic (exact) mass is 548 g/mol. The average molecular weight is 549 g/mol. The Hall–Kier alpha value is -3.39. The number of hydrogen-bond donors (Lipinski definition) is 0. The minimum atomic E-state index is -5.00. The fourth-order valence-corrected chi connectivity index (χ4v) is 4.60. The number of carbonyl (C=O) groups excluding carboxylic acids is 2. The number of alkyl halides is 3. The standard InChI is InChI=1S/C21H17ClF4N4O5S/c1-4-5-29-18(33)14(8-17(32)35-3)36-19(29)27-12-7-13(11(23)6-10(12)22)30-16(31)9-15(21(24,25)26)28(2)20(30)34/h4,6-7,9,14H,1,5,8H2,2-3H3/b27-19-. The van der Waals surface area contributed by atoms with Gasteiger partial charge in [0.05, 0.1) is 29.9 Å². The zero-order chi connectivity index (χ0) is 26.9. The second-order valence-corrected chi connectivity index (χ2v) is 8.89. The molecule has 0 N–H and O–H groups in total. The summed E-state index contributed by atoms with van der Waals surface area (Å²) in [6.45, 7) is 3.56. The lowest BCUT2D eigenvalue weighted by Crippen LogP contribution is -2.41. The Balaban J connectivity index is 2.15. The third-order valence-electron chi connectivity index (χ3n) is 5.00. The molecule has 1 atom stereocenters. The first-order chi connectivity index (χ1) is 16.8. The van der Waals surface area contributed by atoms with Crippen molar-refractivity contribution >= 4 is 46.1 Å². The Morgan fingerprint density at radius 2 is 1.94 bits per heavy atom. The van der Waals surface area contributed by atoms with E-state index in [-0.39, 0.29) is 44.0 Å². The molecule has 2 aromatic rings. The van der Waals surface area contributed by atoms with Crippen molar-refractivity contribution in [2.75, 3.05) is 13.7 Å². The van der Waals surface area contributed by atoms with Crippen molar-refractivity contribution in [3.05, 3.63) is 68.2 Å². The van der Waals surface area contributed by atoms with Gasteiger partial charge in [-0.3, -0.25) is 23.9 Å². The zero-order valence-electron chi connectivity index (χ0n) is 18.6. The van der Waals surface area contributed by atoms with Crippen LogP contribution in [0.1, 0.15) is 12.1 Å². The van der Waals surface area contributed by atoms with Crippen LogP contribution in [0.3, 0.4) is 0 Å². The molecule has 1 unspecified atom stereocenters. The molecule has 1 aliphatic heterocycles. The van der Waals surface area contributed by atoms with Crippen LogP contribution in [-0.4, -0.2) is 50.0 Å². The Bertz CT molecular complexity index is 1400. The van der Waals surface area contributed by atoms with E-state index in [0.29, 0.717) is 0 Å². The number of amides is 1. The van der Waals surface area contributed by atoms with E-state index in [9.17, 15) is 36.7 Å². The highest BCUT2D eigenvalue weighted by atomic mass is 35.5. The van der Waals surface area contributed by atoms with Crippen molar-refractivity contribution in [2.24, 2.45) is 12.0 Å². The second-order valence-electron chi connectivity index (χ2n) is 7.32. The molecule has 1 aromatic carbocycles. The SMILES string of the molecule is C=CCN1C(=O)C(CC(=O)OC)S/C1=N\c1cc(-n2c(=O)cc(C(F)(F)F)n(C)c2=O)c(F)cc1Cl. The van der Waals surface area contributed by atoms with E-state index in [4.69, 9.17) is 11.6 Å². The summed E-state index contributed by atoms with van der Waals surface area (Å²) in [7, 11) is 1.95. The molecule has 36 heavy (non-hydrogen) atoms. The lowest BCUT2D eigenvalue weighted by molar-refractivity contribution is -0.144. The van der Waals surface area contributed by atoms with E-state index in [0.717, 1.165) is 38.1 Å². The maximum atomic E-state index is 14.8. The number of aromatic nitrogens is 2. The molecule has 0 radical (unpaired) electrons. The van der Waals surface area contributed by atoms with Gasteiger partial charge in [0.25, 0.3) is 5.56 Å². The summed E-state index contributed by atoms with van der Waals surface area (Å²) in [5.41, 5.74) is -5.28. The largest absolute Gasteiger partial charge is 0.469 e. The molecule has 0 saturated carbocycles. The molecule has 0 spiro atoms. The van der Waals surface area contributed by atoms with E-state index < -0.39 is 51.8 Å². The fourth-order valence-electron chi connectivity index (χ4n) is 3.26. The summed E-state index contributed by atoms with van der Waals surface area (Å²) >= 11 is 6.99. The number of thioether (sulfide) groups is 1. The molecule has 2 heterocycles. The molecular formula is C21H17ClF4N4O5S. The highest BCUT2D eigenvalue weighted by molar-refractivity contribution is 8.15. The van der Waals surface area contributed by atoms with Crippen LogP contribution in [-0.2, 0) is 27.5 Å². The van der Waals surface area contributed by atoms with E-state index in [1.807, 2.05) is 0 Å². The number of halogens is 5. The third kappa shape index (κ3) is 5.23. The summed E-state index contributed by atoms with van der Waals surface area (Å²) in [5.74, 6) is -2.29. The van der Waals surface area contributed by atoms with Gasteiger partial charge in [-0.05, 0) is 12.1 Å². The van der Waals surface area contributed by atoms with E-state index in [1.54, 1.807) is 0 Å². The number of benzene rings is 1. The van der Waals surface area contributed by atoms with Crippen molar-refractivity contribution in [3.63, 3.8) is 0 Å². The minimum absolute atomic E-state index is 0.00686. The van der Waals surface area contributed by atoms with Crippen LogP contribution in [0.2, 0.25) is 5.02 Å². The summed E-state index contributed by atoms with van der Waals surface area (Å²) < 4.78 is 59.2. The first-order valence-corrected chi connectivity index (χ1v) is 11.2. The Kier molecular flexibility index (Phi) is 7.79. The molecule has 192 valence electrons. The van der Waals surface area contributed by atoms with Gasteiger partial charge < -0.3 is 4.74 Å². The fraction of sp³-hybridized carbons (Fsp3) is 0.286. The molecule has 15 heteroatoms. The van der Waals surface area contributed by atoms with Crippen molar-refractivity contribution in [2.45, 2.75) is 17.8 Å². The number of methoxy groups -OCH3 is 1. The first-order valence-electron chi connectivity index (χ1n) is 9.94. The molecule has 1 amide bonds. The first kappa shape index (κ1) is 27.2. The van der Waals surface area contributed by atoms with E-state index >= 15 is 0 Å². The highest BCUT2D eigenvalue weighted by Crippen LogP contribution is 2.35. The molecule has 1 saturated heterocycles. The van der Waals surface area contributed by atoms with Crippen LogP contribution >= 0.6 is 23.4 Å². The van der Waals surface area contributed by atoms with Gasteiger partial charge in [0.2, 0.25) is 5.91 Å². The van der Waals surface area contributed by atoms with Crippen LogP contribution in [0.25, 0.3) is 5.69 Å². The Morgan fingerprint density at radius 3 is 2.53 bits per heavy atom. The number of nitrogens with zero attached hydrogens (tertiary/aromatic N) is 4. The summed E-state index contributed by atoms with van der Waals surface area (Å²) in [6, 6.07) is 1.78. The van der Waals surface area contributed by atoms with E-state index in [2.05, 4.69) is 16.3 Å². The normalized spacial score (nSPS) is 17.1. The quantitative estimate of drug-likeness (QED) is 0.312. The molecule has 9 nitrogen and oxygen atoms in total. The number of rotatable bonds is 6. The highest BCUT2D eigenvalue weighted by Gasteiger charge is 2.39. The van der Waals surface area contributed by atoms with Gasteiger partial charge in [-0.15, -0.1) is 6.58 Å². The molecule has 0 bridgehead atoms. The molecular weight excluding hydrogens is 532 g/mol. The third-order valence-corrected chi connectivity index (χ3v) is 6.47. The topological polar surface area (TPSA) is 103 Å². The number of esters is 1. The minimum Gasteiger partial charge on any atom is -0.469 e. The second kappa shape index (κ2) is 10.3. The van der Waals surface area contributed by atoms with Gasteiger partial charge in [-0.25, -0.2) is 18.7 Å². The molecule has 1 fully saturated rings. The van der Waals surface area contributed by atoms with Crippen LogP contribution < -0.4 is 11.2 Å². The van der Waals surface area contributed by atoms with Crippen molar-refractivity contribution in [1.82, 2.24) is 14.0 Å². The molecule has 3 rings (SSSR count). The molecule has 1 aromatic heterocycles. The maximum Gasteiger partial charge on any atom is 0.431 e. The smallest absolute Gasteiger partial charge is 0.431 e. The van der Waals surface area contributed by atoms with Crippen LogP contribution in [0.15, 0.2) is 45.4 Å². The van der Waals surface area contributed by atoms with Gasteiger partial charge in [-0.1, -0.05) is 29.4 Å². The number of carbonyl (C=O) groups is 2. The summed E-state index contributed by atoms with van der Waals surface area (Å²) in [6.07, 6.45) is -3.85. The Morgan fingerprint density at radius 1 is 1.28 bits per heavy atom. The zero-order valence-corrected chi connectivity index (χ0v) is 20.2. The average Bonchev–Trinajstić information content (AvgIpc) is 3.07. The maximum absolute atomic E-state index is 14.8. The van der Waals surface area contributed by atoms with Crippen LogP contribution in [0, 0.1) is 5.82 Å². The lowest BCUT2D eigenvalue weighted by Gasteiger charge is -2.16. The van der Waals surface area contributed by atoms with Gasteiger partial charge >= 0.3 is 17.8 Å². The van der Waals surface area contributed by atoms with Crippen LogP contribution in [0.5, 0.6) is 0 Å². The summed E-state index contributed by atoms with van der Waals surface area (Å²) in [4.78, 5) is 54.8. The summed E-state index contributed by atoms with van der Waals surface area (Å²) in [5, 5.41) is -1.09. The van der Waals surface area contributed by atoms with Crippen LogP contribution in [0.4, 0.5) is 23.2 Å². The van der Waals surface area contributed by atoms with Gasteiger partial charge in [0.15, 0.2) is 5.17 Å².